The number of ether oxygens (including phenoxy) is 2. The minimum absolute atomic E-state index is 0.170. The van der Waals surface area contributed by atoms with Crippen LogP contribution in [0.15, 0.2) is 6.07 Å². The summed E-state index contributed by atoms with van der Waals surface area (Å²) < 4.78 is 11.9. The zero-order valence-corrected chi connectivity index (χ0v) is 18.6. The largest absolute Gasteiger partial charge is 0.381 e. The van der Waals surface area contributed by atoms with E-state index in [2.05, 4.69) is 37.1 Å². The van der Waals surface area contributed by atoms with Crippen LogP contribution in [0, 0.1) is 26.7 Å². The molecule has 4 saturated heterocycles. The molecule has 1 spiro atoms. The van der Waals surface area contributed by atoms with Crippen LogP contribution in [0.1, 0.15) is 59.4 Å². The lowest BCUT2D eigenvalue weighted by Gasteiger charge is -2.40. The molecule has 0 radical (unpaired) electrons. The molecule has 4 heterocycles. The fourth-order valence-corrected chi connectivity index (χ4v) is 6.12. The Morgan fingerprint density at radius 3 is 2.48 bits per heavy atom. The van der Waals surface area contributed by atoms with Crippen molar-refractivity contribution in [3.63, 3.8) is 0 Å². The lowest BCUT2D eigenvalue weighted by Crippen LogP contribution is -2.59. The topological polar surface area (TPSA) is 33.7 Å². The predicted molar refractivity (Wildman–Crippen MR) is 117 cm³/mol. The van der Waals surface area contributed by atoms with Gasteiger partial charge in [0.15, 0.2) is 0 Å². The van der Waals surface area contributed by atoms with Crippen molar-refractivity contribution in [2.75, 3.05) is 46.0 Å². The normalized spacial score (nSPS) is 30.2. The molecule has 0 aliphatic carbocycles. The van der Waals surface area contributed by atoms with Gasteiger partial charge in [0.25, 0.3) is 0 Å². The van der Waals surface area contributed by atoms with Crippen LogP contribution in [0.4, 0.5) is 0 Å². The van der Waals surface area contributed by atoms with Gasteiger partial charge in [0.1, 0.15) is 0 Å². The molecule has 0 aromatic heterocycles. The molecular formula is C25H38N2O2. The Hall–Kier alpha value is -0.940. The summed E-state index contributed by atoms with van der Waals surface area (Å²) >= 11 is 0. The Morgan fingerprint density at radius 2 is 1.86 bits per heavy atom. The molecule has 2 atom stereocenters. The van der Waals surface area contributed by atoms with Gasteiger partial charge in [0.2, 0.25) is 0 Å². The Morgan fingerprint density at radius 1 is 1.07 bits per heavy atom. The molecule has 160 valence electrons. The second-order valence-electron chi connectivity index (χ2n) is 10.2. The number of nitrogens with zero attached hydrogens (tertiary/aromatic N) is 1. The Bertz CT molecular complexity index is 744. The molecule has 1 unspecified atom stereocenters. The van der Waals surface area contributed by atoms with Gasteiger partial charge in [-0.15, -0.1) is 0 Å². The monoisotopic (exact) mass is 398 g/mol. The third-order valence-corrected chi connectivity index (χ3v) is 8.41. The van der Waals surface area contributed by atoms with Crippen LogP contribution in [0.25, 0.3) is 0 Å². The lowest BCUT2D eigenvalue weighted by molar-refractivity contribution is -0.0367. The van der Waals surface area contributed by atoms with Crippen LogP contribution in [0.5, 0.6) is 0 Å². The maximum absolute atomic E-state index is 6.18. The molecule has 4 aliphatic heterocycles. The van der Waals surface area contributed by atoms with Gasteiger partial charge in [-0.2, -0.15) is 0 Å². The summed E-state index contributed by atoms with van der Waals surface area (Å²) in [4.78, 5) is 2.72. The van der Waals surface area contributed by atoms with Gasteiger partial charge >= 0.3 is 0 Å². The SMILES string of the molecule is Cc1cc(C2CCN([C@@H]3COC4(CNC4)C3)CC2)c(CC2CCOC2)c(C)c1C. The van der Waals surface area contributed by atoms with Gasteiger partial charge in [0, 0.05) is 32.3 Å². The molecular weight excluding hydrogens is 360 g/mol. The van der Waals surface area contributed by atoms with Crippen molar-refractivity contribution in [3.05, 3.63) is 33.9 Å². The average Bonchev–Trinajstić information content (AvgIpc) is 3.38. The summed E-state index contributed by atoms with van der Waals surface area (Å²) in [6.07, 6.45) is 6.23. The lowest BCUT2D eigenvalue weighted by atomic mass is 9.79. The van der Waals surface area contributed by atoms with Gasteiger partial charge in [-0.1, -0.05) is 6.07 Å². The Kier molecular flexibility index (Phi) is 5.48. The number of piperidine rings is 1. The van der Waals surface area contributed by atoms with E-state index in [1.54, 1.807) is 11.1 Å². The molecule has 0 amide bonds. The van der Waals surface area contributed by atoms with Gasteiger partial charge < -0.3 is 14.8 Å². The van der Waals surface area contributed by atoms with E-state index in [9.17, 15) is 0 Å². The summed E-state index contributed by atoms with van der Waals surface area (Å²) in [6.45, 7) is 14.3. The first-order valence-corrected chi connectivity index (χ1v) is 11.8. The number of aryl methyl sites for hydroxylation is 1. The second-order valence-corrected chi connectivity index (χ2v) is 10.2. The zero-order chi connectivity index (χ0) is 20.0. The van der Waals surface area contributed by atoms with Crippen molar-refractivity contribution in [1.82, 2.24) is 10.2 Å². The second kappa shape index (κ2) is 7.96. The summed E-state index contributed by atoms with van der Waals surface area (Å²) in [6, 6.07) is 3.16. The number of benzene rings is 1. The zero-order valence-electron chi connectivity index (χ0n) is 18.6. The van der Waals surface area contributed by atoms with Crippen LogP contribution in [-0.4, -0.2) is 62.5 Å². The molecule has 1 N–H and O–H groups in total. The highest BCUT2D eigenvalue weighted by Gasteiger charge is 2.47. The Labute approximate surface area is 176 Å². The smallest absolute Gasteiger partial charge is 0.0946 e. The van der Waals surface area contributed by atoms with Crippen LogP contribution < -0.4 is 5.32 Å². The highest BCUT2D eigenvalue weighted by molar-refractivity contribution is 5.46. The average molecular weight is 399 g/mol. The predicted octanol–water partition coefficient (Wildman–Crippen LogP) is 3.50. The first-order valence-electron chi connectivity index (χ1n) is 11.8. The fourth-order valence-electron chi connectivity index (χ4n) is 6.12. The molecule has 1 aromatic rings. The summed E-state index contributed by atoms with van der Waals surface area (Å²) in [5, 5.41) is 3.39. The number of likely N-dealkylation sites (tertiary alicyclic amines) is 1. The van der Waals surface area contributed by atoms with Crippen LogP contribution in [-0.2, 0) is 15.9 Å². The quantitative estimate of drug-likeness (QED) is 0.842. The fraction of sp³-hybridized carbons (Fsp3) is 0.760. The summed E-state index contributed by atoms with van der Waals surface area (Å²) in [5.74, 6) is 1.42. The Balaban J connectivity index is 1.29. The highest BCUT2D eigenvalue weighted by Crippen LogP contribution is 2.39. The van der Waals surface area contributed by atoms with Crippen molar-refractivity contribution < 1.29 is 9.47 Å². The molecule has 0 bridgehead atoms. The van der Waals surface area contributed by atoms with E-state index in [0.717, 1.165) is 32.9 Å². The van der Waals surface area contributed by atoms with E-state index in [1.807, 2.05) is 0 Å². The number of nitrogens with one attached hydrogen (secondary N) is 1. The van der Waals surface area contributed by atoms with Crippen molar-refractivity contribution in [1.29, 1.82) is 0 Å². The van der Waals surface area contributed by atoms with Gasteiger partial charge in [-0.3, -0.25) is 4.90 Å². The third-order valence-electron chi connectivity index (χ3n) is 8.41. The number of hydrogen-bond acceptors (Lipinski definition) is 4. The maximum atomic E-state index is 6.18. The van der Waals surface area contributed by atoms with Gasteiger partial charge in [0.05, 0.1) is 12.2 Å². The molecule has 4 fully saturated rings. The van der Waals surface area contributed by atoms with E-state index in [-0.39, 0.29) is 5.60 Å². The minimum Gasteiger partial charge on any atom is -0.381 e. The summed E-state index contributed by atoms with van der Waals surface area (Å²) in [7, 11) is 0. The summed E-state index contributed by atoms with van der Waals surface area (Å²) in [5.41, 5.74) is 7.96. The molecule has 0 saturated carbocycles. The highest BCUT2D eigenvalue weighted by atomic mass is 16.5. The van der Waals surface area contributed by atoms with Crippen LogP contribution >= 0.6 is 0 Å². The first-order chi connectivity index (χ1) is 14.0. The molecule has 4 nitrogen and oxygen atoms in total. The van der Waals surface area contributed by atoms with Crippen LogP contribution in [0.3, 0.4) is 0 Å². The first kappa shape index (κ1) is 20.0. The van der Waals surface area contributed by atoms with E-state index in [0.29, 0.717) is 17.9 Å². The molecule has 1 aromatic carbocycles. The standard InChI is InChI=1S/C25H38N2O2/c1-17-10-24(23(19(3)18(17)2)11-20-6-9-28-13-20)21-4-7-27(8-5-21)22-12-25(29-14-22)15-26-16-25/h10,20-22,26H,4-9,11-16H2,1-3H3/t20?,22-/m0/s1. The maximum Gasteiger partial charge on any atom is 0.0946 e. The van der Waals surface area contributed by atoms with Crippen molar-refractivity contribution >= 4 is 0 Å². The van der Waals surface area contributed by atoms with Gasteiger partial charge in [-0.25, -0.2) is 0 Å². The van der Waals surface area contributed by atoms with E-state index < -0.39 is 0 Å². The van der Waals surface area contributed by atoms with Gasteiger partial charge in [-0.05, 0) is 106 Å². The number of hydrogen-bond donors (Lipinski definition) is 1. The minimum atomic E-state index is 0.170. The van der Waals surface area contributed by atoms with Crippen LogP contribution in [0.2, 0.25) is 0 Å². The molecule has 4 heteroatoms. The van der Waals surface area contributed by atoms with E-state index in [1.165, 1.54) is 61.9 Å². The van der Waals surface area contributed by atoms with E-state index >= 15 is 0 Å². The molecule has 4 aliphatic rings. The molecule has 5 rings (SSSR count). The third kappa shape index (κ3) is 3.78. The van der Waals surface area contributed by atoms with Crippen molar-refractivity contribution in [2.24, 2.45) is 5.92 Å². The van der Waals surface area contributed by atoms with Crippen molar-refractivity contribution in [3.8, 4) is 0 Å². The number of rotatable bonds is 4. The van der Waals surface area contributed by atoms with Crippen molar-refractivity contribution in [2.45, 2.75) is 70.4 Å². The van der Waals surface area contributed by atoms with E-state index in [4.69, 9.17) is 9.47 Å². The molecule has 29 heavy (non-hydrogen) atoms.